The van der Waals surface area contributed by atoms with E-state index in [4.69, 9.17) is 10.4 Å². The number of carboxylic acids is 1. The van der Waals surface area contributed by atoms with E-state index >= 15 is 0 Å². The molecule has 72 valence electrons. The number of amides is 1. The van der Waals surface area contributed by atoms with Crippen molar-refractivity contribution in [2.45, 2.75) is 26.3 Å². The average Bonchev–Trinajstić information content (AvgIpc) is 1.99. The van der Waals surface area contributed by atoms with Crippen LogP contribution in [-0.4, -0.2) is 23.0 Å². The number of nitriles is 1. The van der Waals surface area contributed by atoms with Gasteiger partial charge in [-0.3, -0.25) is 4.79 Å². The second-order valence-corrected chi connectivity index (χ2v) is 2.86. The standard InChI is InChI=1S/C8H12N2O3/c1-5(3-4-9)7(8(12)13)10-6(2)11/h5,7H,3H2,1-2H3,(H,10,11)(H,12,13)/t5-,7+/m0/s1. The molecule has 0 saturated carbocycles. The van der Waals surface area contributed by atoms with E-state index in [2.05, 4.69) is 5.32 Å². The molecule has 0 bridgehead atoms. The van der Waals surface area contributed by atoms with E-state index in [1.165, 1.54) is 6.92 Å². The van der Waals surface area contributed by atoms with E-state index in [0.29, 0.717) is 0 Å². The summed E-state index contributed by atoms with van der Waals surface area (Å²) in [5.41, 5.74) is 0. The van der Waals surface area contributed by atoms with Crippen LogP contribution in [0.4, 0.5) is 0 Å². The Labute approximate surface area is 76.4 Å². The molecule has 0 aliphatic rings. The van der Waals surface area contributed by atoms with Gasteiger partial charge in [-0.1, -0.05) is 6.92 Å². The lowest BCUT2D eigenvalue weighted by Crippen LogP contribution is -2.44. The Kier molecular flexibility index (Phi) is 4.52. The number of carbonyl (C=O) groups excluding carboxylic acids is 1. The maximum atomic E-state index is 10.6. The van der Waals surface area contributed by atoms with Crippen molar-refractivity contribution in [3.8, 4) is 6.07 Å². The molecule has 0 aromatic heterocycles. The smallest absolute Gasteiger partial charge is 0.326 e. The maximum Gasteiger partial charge on any atom is 0.326 e. The van der Waals surface area contributed by atoms with Crippen LogP contribution in [0.3, 0.4) is 0 Å². The third kappa shape index (κ3) is 4.11. The van der Waals surface area contributed by atoms with Gasteiger partial charge in [0.1, 0.15) is 6.04 Å². The van der Waals surface area contributed by atoms with Gasteiger partial charge in [-0.15, -0.1) is 0 Å². The minimum Gasteiger partial charge on any atom is -0.480 e. The van der Waals surface area contributed by atoms with Gasteiger partial charge in [0.25, 0.3) is 0 Å². The number of nitrogens with one attached hydrogen (secondary N) is 1. The quantitative estimate of drug-likeness (QED) is 0.649. The van der Waals surface area contributed by atoms with E-state index < -0.39 is 17.9 Å². The van der Waals surface area contributed by atoms with Gasteiger partial charge in [0.2, 0.25) is 5.91 Å². The molecular weight excluding hydrogens is 172 g/mol. The fourth-order valence-electron chi connectivity index (χ4n) is 0.928. The molecule has 13 heavy (non-hydrogen) atoms. The van der Waals surface area contributed by atoms with Crippen LogP contribution in [0.15, 0.2) is 0 Å². The predicted octanol–water partition coefficient (Wildman–Crippen LogP) is 0.125. The molecule has 0 saturated heterocycles. The highest BCUT2D eigenvalue weighted by Crippen LogP contribution is 2.07. The predicted molar refractivity (Wildman–Crippen MR) is 44.6 cm³/mol. The molecule has 5 heteroatoms. The van der Waals surface area contributed by atoms with Crippen molar-refractivity contribution in [3.05, 3.63) is 0 Å². The highest BCUT2D eigenvalue weighted by atomic mass is 16.4. The van der Waals surface area contributed by atoms with Crippen molar-refractivity contribution in [2.24, 2.45) is 5.92 Å². The largest absolute Gasteiger partial charge is 0.480 e. The minimum absolute atomic E-state index is 0.108. The lowest BCUT2D eigenvalue weighted by atomic mass is 9.99. The van der Waals surface area contributed by atoms with Crippen molar-refractivity contribution in [1.29, 1.82) is 5.26 Å². The first kappa shape index (κ1) is 11.4. The van der Waals surface area contributed by atoms with Gasteiger partial charge in [-0.05, 0) is 0 Å². The molecule has 5 nitrogen and oxygen atoms in total. The molecule has 0 rings (SSSR count). The SMILES string of the molecule is CC(=O)N[C@@H](C(=O)O)[C@@H](C)CC#N. The molecule has 0 fully saturated rings. The summed E-state index contributed by atoms with van der Waals surface area (Å²) < 4.78 is 0. The van der Waals surface area contributed by atoms with Gasteiger partial charge in [0.15, 0.2) is 0 Å². The van der Waals surface area contributed by atoms with Gasteiger partial charge < -0.3 is 10.4 Å². The molecule has 0 aliphatic heterocycles. The molecule has 0 unspecified atom stereocenters. The third-order valence-corrected chi connectivity index (χ3v) is 1.61. The number of nitrogens with zero attached hydrogens (tertiary/aromatic N) is 1. The monoisotopic (exact) mass is 184 g/mol. The summed E-state index contributed by atoms with van der Waals surface area (Å²) in [6.07, 6.45) is 0.108. The summed E-state index contributed by atoms with van der Waals surface area (Å²) in [5.74, 6) is -1.90. The van der Waals surface area contributed by atoms with Crippen molar-refractivity contribution >= 4 is 11.9 Å². The van der Waals surface area contributed by atoms with E-state index in [0.717, 1.165) is 0 Å². The zero-order valence-corrected chi connectivity index (χ0v) is 7.57. The van der Waals surface area contributed by atoms with Crippen LogP contribution in [0.2, 0.25) is 0 Å². The zero-order chi connectivity index (χ0) is 10.4. The molecule has 0 radical (unpaired) electrons. The molecule has 2 N–H and O–H groups in total. The fourth-order valence-corrected chi connectivity index (χ4v) is 0.928. The van der Waals surface area contributed by atoms with Crippen LogP contribution in [-0.2, 0) is 9.59 Å². The first-order chi connectivity index (χ1) is 5.99. The second kappa shape index (κ2) is 5.14. The minimum atomic E-state index is -1.11. The van der Waals surface area contributed by atoms with Gasteiger partial charge in [0, 0.05) is 19.3 Å². The summed E-state index contributed by atoms with van der Waals surface area (Å²) in [5, 5.41) is 19.3. The lowest BCUT2D eigenvalue weighted by molar-refractivity contribution is -0.142. The van der Waals surface area contributed by atoms with E-state index in [-0.39, 0.29) is 12.3 Å². The van der Waals surface area contributed by atoms with Crippen molar-refractivity contribution in [1.82, 2.24) is 5.32 Å². The van der Waals surface area contributed by atoms with Crippen LogP contribution >= 0.6 is 0 Å². The van der Waals surface area contributed by atoms with E-state index in [1.54, 1.807) is 6.92 Å². The molecule has 0 aliphatic carbocycles. The number of hydrogen-bond donors (Lipinski definition) is 2. The van der Waals surface area contributed by atoms with Gasteiger partial charge >= 0.3 is 5.97 Å². The number of carboxylic acid groups (broad SMARTS) is 1. The summed E-state index contributed by atoms with van der Waals surface area (Å²) in [6.45, 7) is 2.85. The number of carbonyl (C=O) groups is 2. The topological polar surface area (TPSA) is 90.2 Å². The van der Waals surface area contributed by atoms with E-state index in [1.807, 2.05) is 6.07 Å². The first-order valence-corrected chi connectivity index (χ1v) is 3.86. The summed E-state index contributed by atoms with van der Waals surface area (Å²) in [4.78, 5) is 21.2. The molecule has 0 aromatic rings. The Hall–Kier alpha value is -1.57. The molecule has 1 amide bonds. The Bertz CT molecular complexity index is 244. The molecule has 2 atom stereocenters. The molecule has 0 heterocycles. The second-order valence-electron chi connectivity index (χ2n) is 2.86. The Morgan fingerprint density at radius 2 is 2.15 bits per heavy atom. The first-order valence-electron chi connectivity index (χ1n) is 3.86. The van der Waals surface area contributed by atoms with Crippen molar-refractivity contribution in [3.63, 3.8) is 0 Å². The van der Waals surface area contributed by atoms with E-state index in [9.17, 15) is 9.59 Å². The van der Waals surface area contributed by atoms with Crippen LogP contribution < -0.4 is 5.32 Å². The highest BCUT2D eigenvalue weighted by molar-refractivity contribution is 5.82. The highest BCUT2D eigenvalue weighted by Gasteiger charge is 2.24. The zero-order valence-electron chi connectivity index (χ0n) is 7.57. The molecule has 0 aromatic carbocycles. The molecular formula is C8H12N2O3. The van der Waals surface area contributed by atoms with Crippen molar-refractivity contribution < 1.29 is 14.7 Å². The van der Waals surface area contributed by atoms with Crippen molar-refractivity contribution in [2.75, 3.05) is 0 Å². The van der Waals surface area contributed by atoms with Gasteiger partial charge in [-0.25, -0.2) is 4.79 Å². The van der Waals surface area contributed by atoms with Crippen LogP contribution in [0, 0.1) is 17.2 Å². The molecule has 0 spiro atoms. The number of aliphatic carboxylic acids is 1. The van der Waals surface area contributed by atoms with Gasteiger partial charge in [-0.2, -0.15) is 5.26 Å². The normalized spacial score (nSPS) is 13.9. The fraction of sp³-hybridized carbons (Fsp3) is 0.625. The third-order valence-electron chi connectivity index (χ3n) is 1.61. The summed E-state index contributed by atoms with van der Waals surface area (Å²) >= 11 is 0. The van der Waals surface area contributed by atoms with Crippen LogP contribution in [0.1, 0.15) is 20.3 Å². The maximum absolute atomic E-state index is 10.6. The van der Waals surface area contributed by atoms with Crippen LogP contribution in [0.5, 0.6) is 0 Å². The Morgan fingerprint density at radius 1 is 1.62 bits per heavy atom. The number of rotatable bonds is 4. The van der Waals surface area contributed by atoms with Crippen LogP contribution in [0.25, 0.3) is 0 Å². The Morgan fingerprint density at radius 3 is 2.46 bits per heavy atom. The van der Waals surface area contributed by atoms with Gasteiger partial charge in [0.05, 0.1) is 6.07 Å². The average molecular weight is 184 g/mol. The lowest BCUT2D eigenvalue weighted by Gasteiger charge is -2.17. The summed E-state index contributed by atoms with van der Waals surface area (Å²) in [6, 6.07) is 0.887. The number of hydrogen-bond acceptors (Lipinski definition) is 3. The summed E-state index contributed by atoms with van der Waals surface area (Å²) in [7, 11) is 0. The Balaban J connectivity index is 4.34.